The SMILES string of the molecule is O=C(S(=O)c1ccc(Cl)cc1)[C@]12CC[C@@H](O)CCC1COc1c(F)ccc(F)c12. The van der Waals surface area contributed by atoms with Crippen LogP contribution in [0.5, 0.6) is 5.75 Å². The molecular formula is C21H19ClF2O4S. The van der Waals surface area contributed by atoms with Gasteiger partial charge in [-0.3, -0.25) is 4.79 Å². The van der Waals surface area contributed by atoms with Gasteiger partial charge in [-0.05, 0) is 62.1 Å². The van der Waals surface area contributed by atoms with Crippen LogP contribution in [0.3, 0.4) is 0 Å². The van der Waals surface area contributed by atoms with E-state index in [0.717, 1.165) is 12.1 Å². The number of benzene rings is 2. The topological polar surface area (TPSA) is 63.6 Å². The van der Waals surface area contributed by atoms with Gasteiger partial charge in [0.05, 0.1) is 18.1 Å². The summed E-state index contributed by atoms with van der Waals surface area (Å²) in [5.41, 5.74) is -1.72. The predicted molar refractivity (Wildman–Crippen MR) is 104 cm³/mol. The summed E-state index contributed by atoms with van der Waals surface area (Å²) >= 11 is 5.88. The van der Waals surface area contributed by atoms with Crippen molar-refractivity contribution in [2.75, 3.05) is 6.61 Å². The molecule has 4 atom stereocenters. The second-order valence-corrected chi connectivity index (χ2v) is 9.31. The van der Waals surface area contributed by atoms with Crippen LogP contribution in [0.2, 0.25) is 5.02 Å². The lowest BCUT2D eigenvalue weighted by Crippen LogP contribution is -2.50. The highest BCUT2D eigenvalue weighted by molar-refractivity contribution is 8.00. The van der Waals surface area contributed by atoms with Crippen molar-refractivity contribution >= 4 is 27.5 Å². The molecule has 4 nitrogen and oxygen atoms in total. The Hall–Kier alpha value is -1.83. The first-order valence-electron chi connectivity index (χ1n) is 9.35. The van der Waals surface area contributed by atoms with Gasteiger partial charge in [0.1, 0.15) is 16.6 Å². The first-order chi connectivity index (χ1) is 13.8. The Morgan fingerprint density at radius 2 is 1.79 bits per heavy atom. The quantitative estimate of drug-likeness (QED) is 0.762. The van der Waals surface area contributed by atoms with Gasteiger partial charge < -0.3 is 9.84 Å². The van der Waals surface area contributed by atoms with Gasteiger partial charge in [-0.25, -0.2) is 13.0 Å². The average molecular weight is 441 g/mol. The fourth-order valence-electron chi connectivity index (χ4n) is 4.41. The Morgan fingerprint density at radius 3 is 2.52 bits per heavy atom. The summed E-state index contributed by atoms with van der Waals surface area (Å²) in [5.74, 6) is -2.37. The van der Waals surface area contributed by atoms with Gasteiger partial charge in [0.2, 0.25) is 5.12 Å². The molecule has 0 aromatic heterocycles. The number of ether oxygens (including phenoxy) is 1. The van der Waals surface area contributed by atoms with E-state index in [1.807, 2.05) is 0 Å². The minimum atomic E-state index is -2.13. The molecule has 0 bridgehead atoms. The van der Waals surface area contributed by atoms with Gasteiger partial charge in [-0.2, -0.15) is 0 Å². The maximum atomic E-state index is 15.0. The van der Waals surface area contributed by atoms with Crippen LogP contribution >= 0.6 is 11.6 Å². The van der Waals surface area contributed by atoms with Gasteiger partial charge in [-0.15, -0.1) is 0 Å². The van der Waals surface area contributed by atoms with E-state index in [9.17, 15) is 22.9 Å². The smallest absolute Gasteiger partial charge is 0.234 e. The Morgan fingerprint density at radius 1 is 1.10 bits per heavy atom. The van der Waals surface area contributed by atoms with E-state index >= 15 is 0 Å². The Balaban J connectivity index is 1.89. The fourth-order valence-corrected chi connectivity index (χ4v) is 5.84. The zero-order valence-electron chi connectivity index (χ0n) is 15.4. The molecular weight excluding hydrogens is 422 g/mol. The van der Waals surface area contributed by atoms with E-state index in [0.29, 0.717) is 17.9 Å². The summed E-state index contributed by atoms with van der Waals surface area (Å²) < 4.78 is 48.2. The monoisotopic (exact) mass is 440 g/mol. The van der Waals surface area contributed by atoms with Crippen molar-refractivity contribution in [1.29, 1.82) is 0 Å². The third kappa shape index (κ3) is 3.39. The molecule has 0 saturated heterocycles. The highest BCUT2D eigenvalue weighted by atomic mass is 35.5. The summed E-state index contributed by atoms with van der Waals surface area (Å²) in [7, 11) is -2.13. The summed E-state index contributed by atoms with van der Waals surface area (Å²) in [5, 5.41) is 9.91. The van der Waals surface area contributed by atoms with Crippen molar-refractivity contribution in [3.63, 3.8) is 0 Å². The second kappa shape index (κ2) is 7.78. The standard InChI is InChI=1S/C21H19ClF2O4S/c22-13-2-5-15(6-3-13)29(27)20(26)21-10-9-14(25)4-1-12(21)11-28-19-17(24)8-7-16(23)18(19)21/h2-3,5-8,12,14,25H,1,4,9-11H2/t12?,14-,21+,29?/m0/s1. The molecule has 1 N–H and O–H groups in total. The lowest BCUT2D eigenvalue weighted by molar-refractivity contribution is -0.120. The Bertz CT molecular complexity index is 981. The summed E-state index contributed by atoms with van der Waals surface area (Å²) in [6.45, 7) is -0.0103. The van der Waals surface area contributed by atoms with Gasteiger partial charge in [0.15, 0.2) is 11.6 Å². The van der Waals surface area contributed by atoms with Crippen molar-refractivity contribution in [3.05, 3.63) is 58.6 Å². The number of aliphatic hydroxyl groups is 1. The molecule has 0 spiro atoms. The molecule has 1 saturated carbocycles. The number of hydrogen-bond donors (Lipinski definition) is 1. The van der Waals surface area contributed by atoms with Crippen LogP contribution in [0.25, 0.3) is 0 Å². The Kier molecular flexibility index (Phi) is 5.48. The first kappa shape index (κ1) is 20.4. The van der Waals surface area contributed by atoms with Crippen molar-refractivity contribution in [2.24, 2.45) is 5.92 Å². The highest BCUT2D eigenvalue weighted by Gasteiger charge is 2.56. The lowest BCUT2D eigenvalue weighted by atomic mass is 9.66. The minimum absolute atomic E-state index is 0.0103. The van der Waals surface area contributed by atoms with E-state index in [-0.39, 0.29) is 35.7 Å². The molecule has 1 heterocycles. The number of aliphatic hydroxyl groups excluding tert-OH is 1. The molecule has 2 aliphatic rings. The van der Waals surface area contributed by atoms with Crippen LogP contribution in [0.15, 0.2) is 41.3 Å². The molecule has 8 heteroatoms. The number of carbonyl (C=O) groups is 1. The molecule has 2 aromatic rings. The zero-order valence-corrected chi connectivity index (χ0v) is 16.9. The van der Waals surface area contributed by atoms with Crippen LogP contribution in [0, 0.1) is 17.6 Å². The molecule has 4 rings (SSSR count). The van der Waals surface area contributed by atoms with Crippen molar-refractivity contribution in [3.8, 4) is 5.75 Å². The number of hydrogen-bond acceptors (Lipinski definition) is 4. The molecule has 1 aliphatic heterocycles. The van der Waals surface area contributed by atoms with E-state index in [1.54, 1.807) is 0 Å². The number of rotatable bonds is 2. The molecule has 2 unspecified atom stereocenters. The van der Waals surface area contributed by atoms with Crippen LogP contribution in [-0.4, -0.2) is 27.1 Å². The van der Waals surface area contributed by atoms with Gasteiger partial charge in [0.25, 0.3) is 0 Å². The lowest BCUT2D eigenvalue weighted by Gasteiger charge is -2.42. The summed E-state index contributed by atoms with van der Waals surface area (Å²) in [6, 6.07) is 7.92. The van der Waals surface area contributed by atoms with E-state index in [2.05, 4.69) is 0 Å². The average Bonchev–Trinajstić information content (AvgIpc) is 2.89. The second-order valence-electron chi connectivity index (χ2n) is 7.49. The van der Waals surface area contributed by atoms with Crippen molar-refractivity contribution < 1.29 is 27.6 Å². The third-order valence-corrected chi connectivity index (χ3v) is 7.56. The third-order valence-electron chi connectivity index (χ3n) is 5.91. The zero-order chi connectivity index (χ0) is 20.8. The molecule has 2 aromatic carbocycles. The van der Waals surface area contributed by atoms with Crippen LogP contribution < -0.4 is 4.74 Å². The molecule has 154 valence electrons. The summed E-state index contributed by atoms with van der Waals surface area (Å²) in [6.07, 6.45) is 0.390. The van der Waals surface area contributed by atoms with E-state index in [4.69, 9.17) is 16.3 Å². The molecule has 1 fully saturated rings. The Labute approximate surface area is 174 Å². The molecule has 29 heavy (non-hydrogen) atoms. The molecule has 1 aliphatic carbocycles. The van der Waals surface area contributed by atoms with Crippen molar-refractivity contribution in [1.82, 2.24) is 0 Å². The number of halogens is 3. The van der Waals surface area contributed by atoms with Crippen LogP contribution in [-0.2, 0) is 21.0 Å². The van der Waals surface area contributed by atoms with Crippen LogP contribution in [0.1, 0.15) is 31.2 Å². The number of fused-ring (bicyclic) bond motifs is 3. The van der Waals surface area contributed by atoms with Gasteiger partial charge in [0, 0.05) is 21.4 Å². The van der Waals surface area contributed by atoms with E-state index < -0.39 is 45.0 Å². The largest absolute Gasteiger partial charge is 0.490 e. The predicted octanol–water partition coefficient (Wildman–Crippen LogP) is 4.13. The molecule has 0 amide bonds. The normalized spacial score (nSPS) is 27.2. The first-order valence-corrected chi connectivity index (χ1v) is 10.9. The highest BCUT2D eigenvalue weighted by Crippen LogP contribution is 2.52. The maximum absolute atomic E-state index is 15.0. The molecule has 0 radical (unpaired) electrons. The van der Waals surface area contributed by atoms with Crippen molar-refractivity contribution in [2.45, 2.75) is 42.1 Å². The van der Waals surface area contributed by atoms with Gasteiger partial charge in [-0.1, -0.05) is 11.6 Å². The maximum Gasteiger partial charge on any atom is 0.234 e. The van der Waals surface area contributed by atoms with Crippen LogP contribution in [0.4, 0.5) is 8.78 Å². The van der Waals surface area contributed by atoms with Gasteiger partial charge >= 0.3 is 0 Å². The fraction of sp³-hybridized carbons (Fsp3) is 0.381. The summed E-state index contributed by atoms with van der Waals surface area (Å²) in [4.78, 5) is 13.9. The number of carbonyl (C=O) groups excluding carboxylic acids is 1. The minimum Gasteiger partial charge on any atom is -0.490 e. The van der Waals surface area contributed by atoms with E-state index in [1.165, 1.54) is 24.3 Å².